The van der Waals surface area contributed by atoms with Crippen molar-refractivity contribution in [2.75, 3.05) is 18.0 Å². The Balaban J connectivity index is 2.97. The molecule has 0 radical (unpaired) electrons. The van der Waals surface area contributed by atoms with E-state index in [1.165, 1.54) is 0 Å². The lowest BCUT2D eigenvalue weighted by atomic mass is 10.2. The van der Waals surface area contributed by atoms with Crippen LogP contribution in [0.5, 0.6) is 0 Å². The topological polar surface area (TPSA) is 78.1 Å². The highest BCUT2D eigenvalue weighted by Crippen LogP contribution is 2.14. The number of nitrogens with two attached hydrogens (primary N) is 3. The molecule has 3 nitrogen and oxygen atoms in total. The molecule has 62 valence electrons. The van der Waals surface area contributed by atoms with E-state index in [4.69, 9.17) is 17.2 Å². The minimum atomic E-state index is 0.351. The molecule has 3 heteroatoms. The summed E-state index contributed by atoms with van der Waals surface area (Å²) in [4.78, 5) is 0. The van der Waals surface area contributed by atoms with Crippen LogP contribution in [0.1, 0.15) is 5.56 Å². The van der Waals surface area contributed by atoms with Crippen molar-refractivity contribution < 1.29 is 0 Å². The molecule has 0 heterocycles. The van der Waals surface area contributed by atoms with Gasteiger partial charge < -0.3 is 17.2 Å². The van der Waals surface area contributed by atoms with E-state index >= 15 is 0 Å². The van der Waals surface area contributed by atoms with Gasteiger partial charge in [-0.3, -0.25) is 0 Å². The molecular formula is C9H11N3. The van der Waals surface area contributed by atoms with Crippen molar-refractivity contribution in [1.29, 1.82) is 0 Å². The third-order valence-electron chi connectivity index (χ3n) is 1.42. The number of rotatable bonds is 0. The molecule has 0 atom stereocenters. The van der Waals surface area contributed by atoms with Crippen molar-refractivity contribution in [3.63, 3.8) is 0 Å². The van der Waals surface area contributed by atoms with Crippen LogP contribution in [0.3, 0.4) is 0 Å². The van der Waals surface area contributed by atoms with Crippen LogP contribution in [0.4, 0.5) is 11.4 Å². The van der Waals surface area contributed by atoms with Crippen molar-refractivity contribution >= 4 is 11.4 Å². The van der Waals surface area contributed by atoms with E-state index < -0.39 is 0 Å². The molecule has 6 N–H and O–H groups in total. The van der Waals surface area contributed by atoms with Crippen LogP contribution in [-0.2, 0) is 0 Å². The van der Waals surface area contributed by atoms with Gasteiger partial charge in [0.15, 0.2) is 0 Å². The van der Waals surface area contributed by atoms with E-state index in [0.29, 0.717) is 17.9 Å². The summed E-state index contributed by atoms with van der Waals surface area (Å²) < 4.78 is 0. The van der Waals surface area contributed by atoms with E-state index in [0.717, 1.165) is 5.56 Å². The molecule has 12 heavy (non-hydrogen) atoms. The smallest absolute Gasteiger partial charge is 0.0560 e. The maximum absolute atomic E-state index is 5.57. The maximum atomic E-state index is 5.57. The average Bonchev–Trinajstić information content (AvgIpc) is 2.07. The monoisotopic (exact) mass is 161 g/mol. The number of anilines is 2. The first-order valence-corrected chi connectivity index (χ1v) is 3.58. The second-order valence-corrected chi connectivity index (χ2v) is 2.35. The summed E-state index contributed by atoms with van der Waals surface area (Å²) in [6, 6.07) is 5.28. The first kappa shape index (κ1) is 8.44. The van der Waals surface area contributed by atoms with Crippen molar-refractivity contribution in [2.24, 2.45) is 5.73 Å². The summed E-state index contributed by atoms with van der Waals surface area (Å²) in [7, 11) is 0. The summed E-state index contributed by atoms with van der Waals surface area (Å²) in [6.07, 6.45) is 0. The minimum absolute atomic E-state index is 0.351. The standard InChI is InChI=1S/C9H11N3/c10-5-1-2-7-3-4-8(11)9(12)6-7/h3-4,6H,5,10-12H2. The first-order chi connectivity index (χ1) is 5.74. The number of hydrogen-bond donors (Lipinski definition) is 3. The Morgan fingerprint density at radius 1 is 1.17 bits per heavy atom. The van der Waals surface area contributed by atoms with E-state index in [9.17, 15) is 0 Å². The van der Waals surface area contributed by atoms with E-state index in [1.54, 1.807) is 12.1 Å². The number of nitrogen functional groups attached to an aromatic ring is 2. The molecule has 0 aromatic heterocycles. The van der Waals surface area contributed by atoms with E-state index in [1.807, 2.05) is 6.07 Å². The molecule has 0 aliphatic rings. The molecule has 0 amide bonds. The Morgan fingerprint density at radius 2 is 1.92 bits per heavy atom. The van der Waals surface area contributed by atoms with Gasteiger partial charge in [-0.05, 0) is 18.2 Å². The van der Waals surface area contributed by atoms with Gasteiger partial charge in [-0.1, -0.05) is 11.8 Å². The van der Waals surface area contributed by atoms with Gasteiger partial charge in [-0.15, -0.1) is 0 Å². The second-order valence-electron chi connectivity index (χ2n) is 2.35. The summed E-state index contributed by atoms with van der Waals surface area (Å²) in [5.41, 5.74) is 18.3. The Bertz CT molecular complexity index is 333. The fourth-order valence-electron chi connectivity index (χ4n) is 0.806. The summed E-state index contributed by atoms with van der Waals surface area (Å²) in [6.45, 7) is 0.351. The Hall–Kier alpha value is -1.66. The van der Waals surface area contributed by atoms with Crippen LogP contribution in [0, 0.1) is 11.8 Å². The summed E-state index contributed by atoms with van der Waals surface area (Å²) >= 11 is 0. The van der Waals surface area contributed by atoms with Gasteiger partial charge in [0.1, 0.15) is 0 Å². The van der Waals surface area contributed by atoms with Gasteiger partial charge in [-0.2, -0.15) is 0 Å². The lowest BCUT2D eigenvalue weighted by molar-refractivity contribution is 1.30. The molecule has 1 aromatic carbocycles. The molecule has 0 saturated carbocycles. The van der Waals surface area contributed by atoms with Crippen LogP contribution < -0.4 is 17.2 Å². The lowest BCUT2D eigenvalue weighted by Crippen LogP contribution is -1.95. The molecule has 0 spiro atoms. The predicted octanol–water partition coefficient (Wildman–Crippen LogP) is 0.161. The zero-order valence-corrected chi connectivity index (χ0v) is 6.67. The van der Waals surface area contributed by atoms with Crippen molar-refractivity contribution in [1.82, 2.24) is 0 Å². The fraction of sp³-hybridized carbons (Fsp3) is 0.111. The molecule has 1 aromatic rings. The third-order valence-corrected chi connectivity index (χ3v) is 1.42. The van der Waals surface area contributed by atoms with E-state index in [-0.39, 0.29) is 0 Å². The highest BCUT2D eigenvalue weighted by atomic mass is 14.7. The van der Waals surface area contributed by atoms with Crippen molar-refractivity contribution in [3.8, 4) is 11.8 Å². The first-order valence-electron chi connectivity index (χ1n) is 3.58. The zero-order valence-electron chi connectivity index (χ0n) is 6.67. The largest absolute Gasteiger partial charge is 0.397 e. The van der Waals surface area contributed by atoms with Crippen molar-refractivity contribution in [2.45, 2.75) is 0 Å². The van der Waals surface area contributed by atoms with Crippen LogP contribution in [0.2, 0.25) is 0 Å². The predicted molar refractivity (Wildman–Crippen MR) is 51.2 cm³/mol. The van der Waals surface area contributed by atoms with Gasteiger partial charge in [0, 0.05) is 5.56 Å². The zero-order chi connectivity index (χ0) is 8.97. The van der Waals surface area contributed by atoms with Gasteiger partial charge in [0.05, 0.1) is 17.9 Å². The molecule has 0 saturated heterocycles. The van der Waals surface area contributed by atoms with Gasteiger partial charge in [-0.25, -0.2) is 0 Å². The minimum Gasteiger partial charge on any atom is -0.397 e. The Morgan fingerprint density at radius 3 is 2.50 bits per heavy atom. The molecular weight excluding hydrogens is 150 g/mol. The Kier molecular flexibility index (Phi) is 2.57. The van der Waals surface area contributed by atoms with E-state index in [2.05, 4.69) is 11.8 Å². The lowest BCUT2D eigenvalue weighted by Gasteiger charge is -1.98. The van der Waals surface area contributed by atoms with Crippen LogP contribution in [-0.4, -0.2) is 6.54 Å². The maximum Gasteiger partial charge on any atom is 0.0560 e. The average molecular weight is 161 g/mol. The quantitative estimate of drug-likeness (QED) is 0.374. The summed E-state index contributed by atoms with van der Waals surface area (Å²) in [5, 5.41) is 0. The normalized spacial score (nSPS) is 8.75. The van der Waals surface area contributed by atoms with Gasteiger partial charge in [0.2, 0.25) is 0 Å². The highest BCUT2D eigenvalue weighted by molar-refractivity contribution is 5.65. The molecule has 0 fully saturated rings. The molecule has 0 bridgehead atoms. The van der Waals surface area contributed by atoms with Gasteiger partial charge in [0.25, 0.3) is 0 Å². The van der Waals surface area contributed by atoms with Crippen LogP contribution in [0.15, 0.2) is 18.2 Å². The van der Waals surface area contributed by atoms with Crippen LogP contribution in [0.25, 0.3) is 0 Å². The SMILES string of the molecule is NCC#Cc1ccc(N)c(N)c1. The third kappa shape index (κ3) is 1.91. The number of benzene rings is 1. The van der Waals surface area contributed by atoms with Crippen LogP contribution >= 0.6 is 0 Å². The molecule has 0 unspecified atom stereocenters. The molecule has 1 rings (SSSR count). The second kappa shape index (κ2) is 3.65. The summed E-state index contributed by atoms with van der Waals surface area (Å²) in [5.74, 6) is 5.59. The highest BCUT2D eigenvalue weighted by Gasteiger charge is 1.93. The Labute approximate surface area is 71.5 Å². The van der Waals surface area contributed by atoms with Crippen molar-refractivity contribution in [3.05, 3.63) is 23.8 Å². The molecule has 0 aliphatic heterocycles. The fourth-order valence-corrected chi connectivity index (χ4v) is 0.806. The molecule has 0 aliphatic carbocycles. The number of hydrogen-bond acceptors (Lipinski definition) is 3. The van der Waals surface area contributed by atoms with Gasteiger partial charge >= 0.3 is 0 Å².